The molecule has 5 heterocycles. The van der Waals surface area contributed by atoms with Crippen molar-refractivity contribution in [1.29, 1.82) is 0 Å². The number of hydrogen-bond acceptors (Lipinski definition) is 22. The topological polar surface area (TPSA) is 346 Å². The quantitative estimate of drug-likeness (QED) is 0.0832. The van der Waals surface area contributed by atoms with Crippen molar-refractivity contribution in [3.63, 3.8) is 0 Å². The maximum absolute atomic E-state index is 12.2. The van der Waals surface area contributed by atoms with Crippen LogP contribution in [-0.2, 0) is 42.6 Å². The number of allylic oxidation sites excluding steroid dienone is 1. The molecule has 13 N–H and O–H groups in total. The fourth-order valence-electron chi connectivity index (χ4n) is 14.5. The second kappa shape index (κ2) is 21.0. The minimum Gasteiger partial charge on any atom is -0.394 e. The van der Waals surface area contributed by atoms with E-state index in [9.17, 15) is 66.4 Å². The Hall–Kier alpha value is -1.14. The molecule has 0 aromatic heterocycles. The highest BCUT2D eigenvalue weighted by molar-refractivity contribution is 5.29. The molecule has 408 valence electrons. The van der Waals surface area contributed by atoms with E-state index in [-0.39, 0.29) is 66.7 Å². The number of rotatable bonds is 13. The van der Waals surface area contributed by atoms with Crippen LogP contribution in [0.25, 0.3) is 0 Å². The largest absolute Gasteiger partial charge is 0.394 e. The van der Waals surface area contributed by atoms with Crippen LogP contribution >= 0.6 is 0 Å². The van der Waals surface area contributed by atoms with Crippen molar-refractivity contribution in [2.75, 3.05) is 26.4 Å². The molecule has 30 atom stereocenters. The molecule has 22 heteroatoms. The predicted octanol–water partition coefficient (Wildman–Crippen LogP) is -2.76. The lowest BCUT2D eigenvalue weighted by Crippen LogP contribution is -2.65. The molecule has 0 aromatic carbocycles. The van der Waals surface area contributed by atoms with E-state index in [1.807, 2.05) is 6.92 Å². The van der Waals surface area contributed by atoms with Crippen molar-refractivity contribution < 1.29 is 109 Å². The molecular formula is C49H80O22. The van der Waals surface area contributed by atoms with Gasteiger partial charge in [0.1, 0.15) is 79.4 Å². The van der Waals surface area contributed by atoms with Gasteiger partial charge in [0.05, 0.1) is 50.8 Å². The molecule has 0 aromatic rings. The van der Waals surface area contributed by atoms with Gasteiger partial charge in [-0.05, 0) is 80.5 Å². The molecule has 5 saturated heterocycles. The molecule has 4 aliphatic carbocycles. The highest BCUT2D eigenvalue weighted by atomic mass is 16.8. The Balaban J connectivity index is 0.902. The fourth-order valence-corrected chi connectivity index (χ4v) is 14.5. The lowest BCUT2D eigenvalue weighted by atomic mass is 9.46. The second-order valence-corrected chi connectivity index (χ2v) is 23.0. The summed E-state index contributed by atoms with van der Waals surface area (Å²) in [5.74, 6) is -1.17. The molecule has 0 radical (unpaired) electrons. The Morgan fingerprint density at radius 3 is 2.11 bits per heavy atom. The van der Waals surface area contributed by atoms with Crippen molar-refractivity contribution in [3.05, 3.63) is 11.6 Å². The van der Waals surface area contributed by atoms with Gasteiger partial charge in [-0.1, -0.05) is 39.3 Å². The van der Waals surface area contributed by atoms with E-state index in [1.54, 1.807) is 0 Å². The van der Waals surface area contributed by atoms with Gasteiger partial charge in [0.15, 0.2) is 30.9 Å². The molecule has 8 fully saturated rings. The van der Waals surface area contributed by atoms with E-state index in [1.165, 1.54) is 6.92 Å². The summed E-state index contributed by atoms with van der Waals surface area (Å²) in [4.78, 5) is 0. The van der Waals surface area contributed by atoms with Crippen molar-refractivity contribution in [2.24, 2.45) is 46.3 Å². The average molecular weight is 1020 g/mol. The Bertz CT molecular complexity index is 1850. The standard InChI is InChI=1S/C49H80O22/c1-19(16-63-43-39(60)37(58)35(56)30(15-50)67-43)8-11-49(62)20(2)32-29(71-49)14-26-24-7-6-22-12-23(51)13-31(48(22,5)25(24)9-10-47(26,32)4)68-46-42(70-45-40(61)36(57)33(54)21(3)66-45)41(28(53)18-65-46)69-44-38(59)34(55)27(52)17-64-44/h6,19-21,23-46,50-62H,7-18H2,1-5H3. The molecule has 71 heavy (non-hydrogen) atoms. The average Bonchev–Trinajstić information content (AvgIpc) is 3.77. The molecule has 9 aliphatic rings. The zero-order valence-electron chi connectivity index (χ0n) is 41.1. The fraction of sp³-hybridized carbons (Fsp3) is 0.959. The first-order valence-electron chi connectivity index (χ1n) is 25.8. The molecule has 9 rings (SSSR count). The summed E-state index contributed by atoms with van der Waals surface area (Å²) in [6.45, 7) is 8.81. The van der Waals surface area contributed by atoms with E-state index in [0.29, 0.717) is 19.3 Å². The first kappa shape index (κ1) is 54.6. The zero-order valence-corrected chi connectivity index (χ0v) is 41.1. The van der Waals surface area contributed by atoms with Crippen LogP contribution in [0.3, 0.4) is 0 Å². The van der Waals surface area contributed by atoms with Gasteiger partial charge < -0.3 is 109 Å². The van der Waals surface area contributed by atoms with Gasteiger partial charge in [0.25, 0.3) is 0 Å². The Kier molecular flexibility index (Phi) is 16.2. The summed E-state index contributed by atoms with van der Waals surface area (Å²) in [5, 5.41) is 139. The van der Waals surface area contributed by atoms with E-state index in [0.717, 1.165) is 31.3 Å². The van der Waals surface area contributed by atoms with Crippen LogP contribution in [0.4, 0.5) is 0 Å². The number of ether oxygens (including phenoxy) is 9. The first-order valence-corrected chi connectivity index (χ1v) is 25.8. The van der Waals surface area contributed by atoms with Crippen LogP contribution in [0.15, 0.2) is 11.6 Å². The summed E-state index contributed by atoms with van der Waals surface area (Å²) in [7, 11) is 0. The van der Waals surface area contributed by atoms with Gasteiger partial charge in [-0.15, -0.1) is 0 Å². The molecule has 5 aliphatic heterocycles. The number of hydrogen-bond donors (Lipinski definition) is 13. The molecule has 0 spiro atoms. The Morgan fingerprint density at radius 1 is 0.718 bits per heavy atom. The third-order valence-electron chi connectivity index (χ3n) is 18.8. The van der Waals surface area contributed by atoms with Gasteiger partial charge in [-0.3, -0.25) is 0 Å². The zero-order chi connectivity index (χ0) is 51.2. The van der Waals surface area contributed by atoms with Crippen LogP contribution in [0.5, 0.6) is 0 Å². The normalized spacial score (nSPS) is 55.7. The van der Waals surface area contributed by atoms with Crippen LogP contribution in [0.2, 0.25) is 0 Å². The summed E-state index contributed by atoms with van der Waals surface area (Å²) in [5.41, 5.74) is 0.232. The SMILES string of the molecule is CC(CCC1(O)OC2CC3C4CC=C5CC(O)CC(OC6OCC(O)C(OC7OCC(O)C(O)C7O)C6OC6OC(C)C(O)C(O)C6O)C5(C)C4CCC3(C)C2C1C)COC1OC(CO)C(O)C(O)C1O. The van der Waals surface area contributed by atoms with Crippen molar-refractivity contribution >= 4 is 0 Å². The van der Waals surface area contributed by atoms with E-state index in [4.69, 9.17) is 42.6 Å². The maximum Gasteiger partial charge on any atom is 0.187 e. The highest BCUT2D eigenvalue weighted by Crippen LogP contribution is 2.70. The van der Waals surface area contributed by atoms with Crippen molar-refractivity contribution in [3.8, 4) is 0 Å². The van der Waals surface area contributed by atoms with Crippen LogP contribution in [0, 0.1) is 46.3 Å². The summed E-state index contributed by atoms with van der Waals surface area (Å²) in [6.07, 6.45) is -21.1. The van der Waals surface area contributed by atoms with Gasteiger partial charge in [0.2, 0.25) is 0 Å². The number of fused-ring (bicyclic) bond motifs is 7. The molecule has 0 amide bonds. The minimum absolute atomic E-state index is 0.0604. The van der Waals surface area contributed by atoms with Gasteiger partial charge in [0, 0.05) is 24.2 Å². The van der Waals surface area contributed by atoms with Crippen LogP contribution in [0.1, 0.15) is 86.0 Å². The summed E-state index contributed by atoms with van der Waals surface area (Å²) >= 11 is 0. The lowest BCUT2D eigenvalue weighted by Gasteiger charge is -2.60. The molecule has 30 unspecified atom stereocenters. The molecule has 22 nitrogen and oxygen atoms in total. The Labute approximate surface area is 413 Å². The summed E-state index contributed by atoms with van der Waals surface area (Å²) < 4.78 is 55.1. The first-order chi connectivity index (χ1) is 33.5. The number of aliphatic hydroxyl groups excluding tert-OH is 12. The predicted molar refractivity (Wildman–Crippen MR) is 240 cm³/mol. The lowest BCUT2D eigenvalue weighted by molar-refractivity contribution is -0.382. The molecule has 0 bridgehead atoms. The maximum atomic E-state index is 12.2. The van der Waals surface area contributed by atoms with E-state index in [2.05, 4.69) is 26.8 Å². The molecular weight excluding hydrogens is 941 g/mol. The van der Waals surface area contributed by atoms with E-state index >= 15 is 0 Å². The number of aliphatic hydroxyl groups is 13. The molecule has 3 saturated carbocycles. The van der Waals surface area contributed by atoms with Crippen LogP contribution in [-0.4, -0.2) is 228 Å². The minimum atomic E-state index is -1.76. The third kappa shape index (κ3) is 9.73. The third-order valence-corrected chi connectivity index (χ3v) is 18.8. The van der Waals surface area contributed by atoms with Gasteiger partial charge in [-0.2, -0.15) is 0 Å². The second-order valence-electron chi connectivity index (χ2n) is 23.0. The van der Waals surface area contributed by atoms with Crippen LogP contribution < -0.4 is 0 Å². The van der Waals surface area contributed by atoms with Gasteiger partial charge in [-0.25, -0.2) is 0 Å². The Morgan fingerprint density at radius 2 is 1.38 bits per heavy atom. The highest BCUT2D eigenvalue weighted by Gasteiger charge is 2.69. The van der Waals surface area contributed by atoms with Gasteiger partial charge >= 0.3 is 0 Å². The monoisotopic (exact) mass is 1020 g/mol. The summed E-state index contributed by atoms with van der Waals surface area (Å²) in [6, 6.07) is 0. The van der Waals surface area contributed by atoms with Crippen molar-refractivity contribution in [2.45, 2.75) is 221 Å². The van der Waals surface area contributed by atoms with Crippen molar-refractivity contribution in [1.82, 2.24) is 0 Å². The smallest absolute Gasteiger partial charge is 0.187 e. The van der Waals surface area contributed by atoms with E-state index < -0.39 is 147 Å².